The van der Waals surface area contributed by atoms with Gasteiger partial charge in [-0.05, 0) is 12.8 Å². The molecule has 0 aliphatic carbocycles. The van der Waals surface area contributed by atoms with Crippen LogP contribution in [0.25, 0.3) is 0 Å². The number of nitrogens with zero attached hydrogens (tertiary/aromatic N) is 1. The first kappa shape index (κ1) is 48.0. The Kier molecular flexibility index (Phi) is 32.2. The van der Waals surface area contributed by atoms with Gasteiger partial charge in [0.2, 0.25) is 0 Å². The lowest BCUT2D eigenvalue weighted by molar-refractivity contribution is -0.870. The number of esters is 2. The highest BCUT2D eigenvalue weighted by Gasteiger charge is 2.21. The number of carbonyl (C=O) groups excluding carboxylic acids is 2. The number of phosphoric ester groups is 1. The van der Waals surface area contributed by atoms with E-state index in [4.69, 9.17) is 18.5 Å². The van der Waals surface area contributed by atoms with Crippen LogP contribution in [0, 0.1) is 0 Å². The fourth-order valence-corrected chi connectivity index (χ4v) is 6.38. The van der Waals surface area contributed by atoms with E-state index in [9.17, 15) is 19.0 Å². The van der Waals surface area contributed by atoms with Gasteiger partial charge in [0.15, 0.2) is 6.10 Å². The molecule has 9 nitrogen and oxygen atoms in total. The average molecular weight is 720 g/mol. The van der Waals surface area contributed by atoms with Crippen LogP contribution < -0.4 is 4.89 Å². The van der Waals surface area contributed by atoms with Gasteiger partial charge < -0.3 is 27.9 Å². The van der Waals surface area contributed by atoms with Gasteiger partial charge in [-0.3, -0.25) is 14.2 Å². The van der Waals surface area contributed by atoms with Crippen LogP contribution in [0.15, 0.2) is 0 Å². The molecule has 0 aromatic rings. The van der Waals surface area contributed by atoms with Crippen LogP contribution in [0.4, 0.5) is 0 Å². The van der Waals surface area contributed by atoms with Crippen molar-refractivity contribution in [2.45, 2.75) is 193 Å². The predicted molar refractivity (Wildman–Crippen MR) is 199 cm³/mol. The molecule has 0 bridgehead atoms. The van der Waals surface area contributed by atoms with Crippen LogP contribution in [0.1, 0.15) is 187 Å². The largest absolute Gasteiger partial charge is 0.756 e. The molecule has 10 heteroatoms. The zero-order valence-electron chi connectivity index (χ0n) is 32.7. The minimum atomic E-state index is -4.61. The Morgan fingerprint density at radius 1 is 0.551 bits per heavy atom. The maximum Gasteiger partial charge on any atom is 0.306 e. The molecule has 0 amide bonds. The molecule has 0 fully saturated rings. The summed E-state index contributed by atoms with van der Waals surface area (Å²) in [6.45, 7) is 4.22. The van der Waals surface area contributed by atoms with E-state index < -0.39 is 26.5 Å². The lowest BCUT2D eigenvalue weighted by atomic mass is 10.0. The van der Waals surface area contributed by atoms with Crippen molar-refractivity contribution in [1.29, 1.82) is 0 Å². The molecule has 0 spiro atoms. The second kappa shape index (κ2) is 32.9. The molecule has 0 aromatic heterocycles. The van der Waals surface area contributed by atoms with E-state index in [2.05, 4.69) is 13.8 Å². The van der Waals surface area contributed by atoms with Crippen molar-refractivity contribution in [2.75, 3.05) is 47.5 Å². The normalized spacial score (nSPS) is 13.7. The lowest BCUT2D eigenvalue weighted by Crippen LogP contribution is -2.37. The van der Waals surface area contributed by atoms with Gasteiger partial charge in [0, 0.05) is 12.8 Å². The number of unbranched alkanes of at least 4 members (excludes halogenated alkanes) is 23. The van der Waals surface area contributed by atoms with Gasteiger partial charge in [0.25, 0.3) is 7.82 Å². The average Bonchev–Trinajstić information content (AvgIpc) is 3.04. The third-order valence-electron chi connectivity index (χ3n) is 8.88. The van der Waals surface area contributed by atoms with Crippen LogP contribution in [0.3, 0.4) is 0 Å². The minimum Gasteiger partial charge on any atom is -0.756 e. The van der Waals surface area contributed by atoms with Crippen molar-refractivity contribution < 1.29 is 42.1 Å². The molecule has 0 N–H and O–H groups in total. The van der Waals surface area contributed by atoms with E-state index in [1.54, 1.807) is 0 Å². The van der Waals surface area contributed by atoms with E-state index >= 15 is 0 Å². The Balaban J connectivity index is 4.34. The molecular weight excluding hydrogens is 641 g/mol. The van der Waals surface area contributed by atoms with Crippen molar-refractivity contribution in [1.82, 2.24) is 0 Å². The van der Waals surface area contributed by atoms with Gasteiger partial charge >= 0.3 is 11.9 Å². The first-order chi connectivity index (χ1) is 23.5. The highest BCUT2D eigenvalue weighted by molar-refractivity contribution is 7.45. The van der Waals surface area contributed by atoms with Crippen LogP contribution in [-0.2, 0) is 32.7 Å². The van der Waals surface area contributed by atoms with Gasteiger partial charge in [0.1, 0.15) is 19.8 Å². The number of carbonyl (C=O) groups is 2. The number of ether oxygens (including phenoxy) is 2. The SMILES string of the molecule is CCCCCCCCCCCCCCCCCC(=O)OC[C@@H](COP(=O)([O-])OCC[N+](C)(C)C)OC(=O)CCCCCCCCCCCC. The van der Waals surface area contributed by atoms with Crippen molar-refractivity contribution in [3.05, 3.63) is 0 Å². The predicted octanol–water partition coefficient (Wildman–Crippen LogP) is 10.2. The molecule has 0 aliphatic rings. The summed E-state index contributed by atoms with van der Waals surface area (Å²) in [5, 5.41) is 0. The van der Waals surface area contributed by atoms with E-state index in [-0.39, 0.29) is 32.0 Å². The molecule has 49 heavy (non-hydrogen) atoms. The fourth-order valence-electron chi connectivity index (χ4n) is 5.65. The van der Waals surface area contributed by atoms with Crippen LogP contribution in [0.5, 0.6) is 0 Å². The van der Waals surface area contributed by atoms with Gasteiger partial charge in [-0.2, -0.15) is 0 Å². The van der Waals surface area contributed by atoms with E-state index in [1.165, 1.54) is 122 Å². The van der Waals surface area contributed by atoms with E-state index in [0.29, 0.717) is 17.4 Å². The maximum absolute atomic E-state index is 12.6. The van der Waals surface area contributed by atoms with Gasteiger partial charge in [-0.1, -0.05) is 162 Å². The summed E-state index contributed by atoms with van der Waals surface area (Å²) in [7, 11) is 1.18. The first-order valence-electron chi connectivity index (χ1n) is 20.2. The second-order valence-electron chi connectivity index (χ2n) is 15.0. The molecule has 2 atom stereocenters. The summed E-state index contributed by atoms with van der Waals surface area (Å²) in [4.78, 5) is 37.3. The molecule has 0 aliphatic heterocycles. The van der Waals surface area contributed by atoms with Crippen molar-refractivity contribution >= 4 is 19.8 Å². The summed E-state index contributed by atoms with van der Waals surface area (Å²) in [5.74, 6) is -0.826. The highest BCUT2D eigenvalue weighted by Crippen LogP contribution is 2.38. The number of phosphoric acid groups is 1. The zero-order chi connectivity index (χ0) is 36.5. The quantitative estimate of drug-likeness (QED) is 0.0270. The number of rotatable bonds is 37. The van der Waals surface area contributed by atoms with E-state index in [1.807, 2.05) is 21.1 Å². The summed E-state index contributed by atoms with van der Waals surface area (Å²) < 4.78 is 33.8. The van der Waals surface area contributed by atoms with Crippen LogP contribution in [0.2, 0.25) is 0 Å². The summed E-state index contributed by atoms with van der Waals surface area (Å²) in [5.41, 5.74) is 0. The standard InChI is InChI=1S/C39H78NO8P/c1-6-8-10-12-14-16-18-19-20-21-22-24-25-27-29-31-38(41)45-35-37(36-47-49(43,44)46-34-33-40(3,4)5)48-39(42)32-30-28-26-23-17-15-13-11-9-7-2/h37H,6-36H2,1-5H3/t37-/m0/s1. The summed E-state index contributed by atoms with van der Waals surface area (Å²) in [6.07, 6.45) is 29.8. The topological polar surface area (TPSA) is 111 Å². The Morgan fingerprint density at radius 3 is 1.31 bits per heavy atom. The zero-order valence-corrected chi connectivity index (χ0v) is 33.6. The molecule has 1 unspecified atom stereocenters. The first-order valence-corrected chi connectivity index (χ1v) is 21.7. The molecule has 0 heterocycles. The van der Waals surface area contributed by atoms with Crippen LogP contribution >= 0.6 is 7.82 Å². The molecule has 0 saturated heterocycles. The molecule has 292 valence electrons. The van der Waals surface area contributed by atoms with Gasteiger partial charge in [-0.25, -0.2) is 0 Å². The lowest BCUT2D eigenvalue weighted by Gasteiger charge is -2.28. The highest BCUT2D eigenvalue weighted by atomic mass is 31.2. The number of likely N-dealkylation sites (N-methyl/N-ethyl adjacent to an activating group) is 1. The maximum atomic E-state index is 12.6. The third kappa shape index (κ3) is 36.6. The van der Waals surface area contributed by atoms with Crippen molar-refractivity contribution in [3.8, 4) is 0 Å². The third-order valence-corrected chi connectivity index (χ3v) is 9.84. The molecule has 0 radical (unpaired) electrons. The fraction of sp³-hybridized carbons (Fsp3) is 0.949. The Morgan fingerprint density at radius 2 is 0.918 bits per heavy atom. The smallest absolute Gasteiger partial charge is 0.306 e. The molecule has 0 saturated carbocycles. The summed E-state index contributed by atoms with van der Waals surface area (Å²) >= 11 is 0. The Bertz CT molecular complexity index is 819. The number of quaternary nitrogens is 1. The monoisotopic (exact) mass is 720 g/mol. The Labute approximate surface area is 302 Å². The number of hydrogen-bond acceptors (Lipinski definition) is 8. The Hall–Kier alpha value is -0.990. The van der Waals surface area contributed by atoms with E-state index in [0.717, 1.165) is 32.1 Å². The van der Waals surface area contributed by atoms with Crippen LogP contribution in [-0.4, -0.2) is 70.0 Å². The molecular formula is C39H78NO8P. The second-order valence-corrected chi connectivity index (χ2v) is 16.4. The minimum absolute atomic E-state index is 0.0261. The summed E-state index contributed by atoms with van der Waals surface area (Å²) in [6, 6.07) is 0. The van der Waals surface area contributed by atoms with Crippen molar-refractivity contribution in [3.63, 3.8) is 0 Å². The van der Waals surface area contributed by atoms with Crippen molar-refractivity contribution in [2.24, 2.45) is 0 Å². The van der Waals surface area contributed by atoms with Gasteiger partial charge in [0.05, 0.1) is 27.7 Å². The van der Waals surface area contributed by atoms with Gasteiger partial charge in [-0.15, -0.1) is 0 Å². The number of hydrogen-bond donors (Lipinski definition) is 0. The molecule has 0 rings (SSSR count). The molecule has 0 aromatic carbocycles.